The van der Waals surface area contributed by atoms with Gasteiger partial charge in [0.2, 0.25) is 0 Å². The van der Waals surface area contributed by atoms with Crippen LogP contribution in [0.25, 0.3) is 6.08 Å². The number of hydrogen-bond donors (Lipinski definition) is 1. The van der Waals surface area contributed by atoms with Crippen molar-refractivity contribution in [2.75, 3.05) is 7.11 Å². The molecule has 0 unspecified atom stereocenters. The molecule has 5 rings (SSSR count). The first-order valence-electron chi connectivity index (χ1n) is 15.7. The average Bonchev–Trinajstić information content (AvgIpc) is 3.22. The van der Waals surface area contributed by atoms with Crippen molar-refractivity contribution in [2.24, 2.45) is 52.3 Å². The highest BCUT2D eigenvalue weighted by molar-refractivity contribution is 5.55. The van der Waals surface area contributed by atoms with E-state index < -0.39 is 0 Å². The second-order valence-electron chi connectivity index (χ2n) is 14.6. The van der Waals surface area contributed by atoms with Gasteiger partial charge in [0.1, 0.15) is 5.75 Å². The Balaban J connectivity index is 1.33. The van der Waals surface area contributed by atoms with E-state index in [2.05, 4.69) is 52.8 Å². The van der Waals surface area contributed by atoms with Crippen LogP contribution < -0.4 is 4.74 Å². The standard InChI is InChI=1S/C35H54O2/c1-23(2)8-7-9-24(3)30-16-17-31-29-15-12-27-21-33(36)26(20-25-10-13-28(37-6)14-11-25)22-35(27,5)32(29)18-19-34(30,31)4/h10-11,13-14,20,23-24,27,29-33,36H,7-9,12,15-19,21-22H2,1-6H3/b26-20-/t24-,27+,29+,30-,31+,32+,33-,34-,35+/m1/s1. The van der Waals surface area contributed by atoms with Gasteiger partial charge >= 0.3 is 0 Å². The van der Waals surface area contributed by atoms with Crippen LogP contribution >= 0.6 is 0 Å². The van der Waals surface area contributed by atoms with E-state index in [1.807, 2.05) is 12.1 Å². The number of aliphatic hydroxyl groups is 1. The molecule has 1 N–H and O–H groups in total. The van der Waals surface area contributed by atoms with Crippen LogP contribution in [-0.4, -0.2) is 18.3 Å². The molecule has 9 atom stereocenters. The first kappa shape index (κ1) is 27.3. The van der Waals surface area contributed by atoms with Gasteiger partial charge in [-0.15, -0.1) is 0 Å². The van der Waals surface area contributed by atoms with Gasteiger partial charge in [0, 0.05) is 0 Å². The van der Waals surface area contributed by atoms with Crippen LogP contribution in [0.5, 0.6) is 5.75 Å². The normalized spacial score (nSPS) is 41.2. The summed E-state index contributed by atoms with van der Waals surface area (Å²) in [7, 11) is 1.72. The Morgan fingerprint density at radius 1 is 0.946 bits per heavy atom. The maximum atomic E-state index is 11.2. The summed E-state index contributed by atoms with van der Waals surface area (Å²) in [6, 6.07) is 8.32. The Kier molecular flexibility index (Phi) is 7.90. The monoisotopic (exact) mass is 506 g/mol. The fourth-order valence-electron chi connectivity index (χ4n) is 10.3. The molecule has 4 saturated carbocycles. The average molecular weight is 507 g/mol. The highest BCUT2D eigenvalue weighted by atomic mass is 16.5. The molecule has 4 aliphatic rings. The van der Waals surface area contributed by atoms with Crippen LogP contribution in [0.1, 0.15) is 111 Å². The van der Waals surface area contributed by atoms with Crippen molar-refractivity contribution in [1.82, 2.24) is 0 Å². The van der Waals surface area contributed by atoms with Crippen molar-refractivity contribution >= 4 is 6.08 Å². The van der Waals surface area contributed by atoms with Gasteiger partial charge in [-0.25, -0.2) is 0 Å². The molecule has 2 heteroatoms. The third kappa shape index (κ3) is 5.06. The molecule has 4 aliphatic carbocycles. The Labute approximate surface area is 227 Å². The van der Waals surface area contributed by atoms with E-state index in [4.69, 9.17) is 4.74 Å². The number of rotatable bonds is 7. The number of methoxy groups -OCH3 is 1. The van der Waals surface area contributed by atoms with E-state index >= 15 is 0 Å². The number of ether oxygens (including phenoxy) is 1. The molecule has 1 aromatic rings. The summed E-state index contributed by atoms with van der Waals surface area (Å²) in [6.07, 6.45) is 16.8. The number of benzene rings is 1. The lowest BCUT2D eigenvalue weighted by molar-refractivity contribution is -0.117. The molecular formula is C35H54O2. The second kappa shape index (κ2) is 10.7. The summed E-state index contributed by atoms with van der Waals surface area (Å²) >= 11 is 0. The van der Waals surface area contributed by atoms with E-state index in [0.717, 1.165) is 54.1 Å². The quantitative estimate of drug-likeness (QED) is 0.399. The third-order valence-electron chi connectivity index (χ3n) is 12.3. The molecule has 0 aromatic heterocycles. The van der Waals surface area contributed by atoms with Crippen molar-refractivity contribution in [3.8, 4) is 5.75 Å². The van der Waals surface area contributed by atoms with Crippen molar-refractivity contribution in [1.29, 1.82) is 0 Å². The van der Waals surface area contributed by atoms with E-state index in [1.165, 1.54) is 68.9 Å². The van der Waals surface area contributed by atoms with Gasteiger partial charge in [-0.1, -0.05) is 72.1 Å². The van der Waals surface area contributed by atoms with Gasteiger partial charge in [0.05, 0.1) is 13.2 Å². The molecule has 4 fully saturated rings. The summed E-state index contributed by atoms with van der Waals surface area (Å²) in [5, 5.41) is 11.2. The Morgan fingerprint density at radius 3 is 2.38 bits per heavy atom. The molecule has 0 aliphatic heterocycles. The maximum absolute atomic E-state index is 11.2. The summed E-state index contributed by atoms with van der Waals surface area (Å²) in [5.41, 5.74) is 3.34. The largest absolute Gasteiger partial charge is 0.497 e. The molecule has 0 amide bonds. The molecule has 0 spiro atoms. The van der Waals surface area contributed by atoms with Gasteiger partial charge in [0.25, 0.3) is 0 Å². The molecule has 0 bridgehead atoms. The van der Waals surface area contributed by atoms with Crippen LogP contribution in [0.2, 0.25) is 0 Å². The van der Waals surface area contributed by atoms with Gasteiger partial charge < -0.3 is 9.84 Å². The zero-order chi connectivity index (χ0) is 26.4. The number of fused-ring (bicyclic) bond motifs is 5. The van der Waals surface area contributed by atoms with E-state index in [-0.39, 0.29) is 6.10 Å². The minimum absolute atomic E-state index is 0.284. The molecule has 206 valence electrons. The minimum atomic E-state index is -0.284. The number of aliphatic hydroxyl groups excluding tert-OH is 1. The van der Waals surface area contributed by atoms with Crippen LogP contribution in [0.15, 0.2) is 29.8 Å². The molecule has 2 nitrogen and oxygen atoms in total. The molecule has 0 heterocycles. The molecule has 37 heavy (non-hydrogen) atoms. The Morgan fingerprint density at radius 2 is 1.68 bits per heavy atom. The fraction of sp³-hybridized carbons (Fsp3) is 0.771. The van der Waals surface area contributed by atoms with E-state index in [9.17, 15) is 5.11 Å². The van der Waals surface area contributed by atoms with Crippen LogP contribution in [0.4, 0.5) is 0 Å². The Bertz CT molecular complexity index is 947. The summed E-state index contributed by atoms with van der Waals surface area (Å²) in [5.74, 6) is 6.84. The van der Waals surface area contributed by atoms with E-state index in [1.54, 1.807) is 7.11 Å². The number of hydrogen-bond acceptors (Lipinski definition) is 2. The molecular weight excluding hydrogens is 452 g/mol. The smallest absolute Gasteiger partial charge is 0.118 e. The zero-order valence-electron chi connectivity index (χ0n) is 24.6. The van der Waals surface area contributed by atoms with Gasteiger partial charge in [-0.05, 0) is 127 Å². The highest BCUT2D eigenvalue weighted by Crippen LogP contribution is 2.68. The van der Waals surface area contributed by atoms with Gasteiger partial charge in [0.15, 0.2) is 0 Å². The van der Waals surface area contributed by atoms with E-state index in [0.29, 0.717) is 16.7 Å². The zero-order valence-corrected chi connectivity index (χ0v) is 24.6. The summed E-state index contributed by atoms with van der Waals surface area (Å²) in [6.45, 7) is 12.7. The van der Waals surface area contributed by atoms with Crippen molar-refractivity contribution in [2.45, 2.75) is 111 Å². The van der Waals surface area contributed by atoms with Gasteiger partial charge in [-0.3, -0.25) is 0 Å². The van der Waals surface area contributed by atoms with Crippen molar-refractivity contribution in [3.05, 3.63) is 35.4 Å². The molecule has 0 radical (unpaired) electrons. The predicted molar refractivity (Wildman–Crippen MR) is 155 cm³/mol. The highest BCUT2D eigenvalue weighted by Gasteiger charge is 2.60. The first-order valence-corrected chi connectivity index (χ1v) is 15.7. The Hall–Kier alpha value is -1.28. The summed E-state index contributed by atoms with van der Waals surface area (Å²) < 4.78 is 5.35. The fourth-order valence-corrected chi connectivity index (χ4v) is 10.3. The van der Waals surface area contributed by atoms with Gasteiger partial charge in [-0.2, -0.15) is 0 Å². The maximum Gasteiger partial charge on any atom is 0.118 e. The topological polar surface area (TPSA) is 29.5 Å². The lowest BCUT2D eigenvalue weighted by Gasteiger charge is -2.61. The minimum Gasteiger partial charge on any atom is -0.497 e. The lowest BCUT2D eigenvalue weighted by Crippen LogP contribution is -2.54. The second-order valence-corrected chi connectivity index (χ2v) is 14.6. The van der Waals surface area contributed by atoms with Crippen LogP contribution in [0.3, 0.4) is 0 Å². The van der Waals surface area contributed by atoms with Crippen LogP contribution in [-0.2, 0) is 0 Å². The van der Waals surface area contributed by atoms with Crippen molar-refractivity contribution < 1.29 is 9.84 Å². The third-order valence-corrected chi connectivity index (χ3v) is 12.3. The molecule has 1 aromatic carbocycles. The lowest BCUT2D eigenvalue weighted by atomic mass is 9.44. The summed E-state index contributed by atoms with van der Waals surface area (Å²) in [4.78, 5) is 0. The van der Waals surface area contributed by atoms with Crippen molar-refractivity contribution in [3.63, 3.8) is 0 Å². The SMILES string of the molecule is COc1ccc(/C=C2/C[C@@]3(C)[C@@H](CC[C@@H]4[C@@H]3CC[C@]3(C)[C@@H]([C@H](C)CCCC(C)C)CC[C@@H]43)C[C@H]2O)cc1. The van der Waals surface area contributed by atoms with Crippen LogP contribution in [0, 0.1) is 52.3 Å². The first-order chi connectivity index (χ1) is 17.7. The molecule has 0 saturated heterocycles. The predicted octanol–water partition coefficient (Wildman–Crippen LogP) is 9.17.